The molecular weight excluding hydrogens is 547 g/mol. The molecule has 0 radical (unpaired) electrons. The molecule has 3 atom stereocenters. The van der Waals surface area contributed by atoms with Crippen LogP contribution in [0.2, 0.25) is 0 Å². The summed E-state index contributed by atoms with van der Waals surface area (Å²) < 4.78 is 42.5. The number of aliphatic hydroxyl groups is 1. The van der Waals surface area contributed by atoms with Crippen molar-refractivity contribution in [3.63, 3.8) is 0 Å². The Hall–Kier alpha value is -4.48. The van der Waals surface area contributed by atoms with Gasteiger partial charge in [-0.2, -0.15) is 0 Å². The summed E-state index contributed by atoms with van der Waals surface area (Å²) in [5.41, 5.74) is 13.0. The monoisotopic (exact) mass is 575 g/mol. The molecule has 8 nitrogen and oxygen atoms in total. The number of hydrogen-bond acceptors (Lipinski definition) is 6. The number of carbonyl (C=O) groups is 2. The van der Waals surface area contributed by atoms with E-state index in [-0.39, 0.29) is 36.7 Å². The Morgan fingerprint density at radius 1 is 1.14 bits per heavy atom. The summed E-state index contributed by atoms with van der Waals surface area (Å²) in [4.78, 5) is 29.9. The minimum atomic E-state index is -0.941. The van der Waals surface area contributed by atoms with E-state index in [4.69, 9.17) is 5.73 Å². The van der Waals surface area contributed by atoms with Crippen LogP contribution in [0.4, 0.5) is 13.2 Å². The smallest absolute Gasteiger partial charge is 0.251 e. The molecule has 11 heteroatoms. The number of halogens is 3. The van der Waals surface area contributed by atoms with Gasteiger partial charge < -0.3 is 16.2 Å². The Morgan fingerprint density at radius 3 is 2.67 bits per heavy atom. The van der Waals surface area contributed by atoms with Crippen molar-refractivity contribution in [1.29, 1.82) is 0 Å². The van der Waals surface area contributed by atoms with Crippen molar-refractivity contribution < 1.29 is 27.9 Å². The molecular formula is C31H28F3N5O3. The number of carbonyl (C=O) groups excluding carboxylic acids is 2. The molecule has 2 amide bonds. The maximum absolute atomic E-state index is 14.2. The molecule has 5 N–H and O–H groups in total. The number of aromatic nitrogens is 1. The number of hydrazine groups is 1. The second-order valence-electron chi connectivity index (χ2n) is 10.7. The maximum atomic E-state index is 14.2. The molecule has 0 saturated heterocycles. The number of fused-ring (bicyclic) bond motifs is 4. The van der Waals surface area contributed by atoms with Crippen LogP contribution in [-0.4, -0.2) is 46.1 Å². The number of allylic oxidation sites excluding steroid dienone is 2. The molecule has 0 unspecified atom stereocenters. The summed E-state index contributed by atoms with van der Waals surface area (Å²) in [6.45, 7) is -0.186. The Kier molecular flexibility index (Phi) is 7.29. The largest absolute Gasteiger partial charge is 0.394 e. The molecule has 2 aliphatic carbocycles. The number of aliphatic hydroxyl groups excluding tert-OH is 1. The molecule has 1 aromatic heterocycles. The fraction of sp³-hybridized carbons (Fsp3) is 0.258. The molecule has 3 aliphatic rings. The van der Waals surface area contributed by atoms with E-state index >= 15 is 0 Å². The second kappa shape index (κ2) is 11.1. The van der Waals surface area contributed by atoms with E-state index in [1.54, 1.807) is 17.1 Å². The number of rotatable bonds is 9. The number of nitrogens with two attached hydrogens (primary N) is 1. The van der Waals surface area contributed by atoms with E-state index in [2.05, 4.69) is 21.8 Å². The first-order valence-electron chi connectivity index (χ1n) is 13.6. The number of benzene rings is 2. The number of amides is 2. The van der Waals surface area contributed by atoms with Gasteiger partial charge >= 0.3 is 0 Å². The number of nitrogens with one attached hydrogen (secondary N) is 2. The van der Waals surface area contributed by atoms with Crippen molar-refractivity contribution in [3.8, 4) is 11.1 Å². The van der Waals surface area contributed by atoms with Gasteiger partial charge in [0, 0.05) is 17.8 Å². The highest BCUT2D eigenvalue weighted by atomic mass is 19.1. The Labute approximate surface area is 239 Å². The van der Waals surface area contributed by atoms with Crippen LogP contribution in [0.1, 0.15) is 40.5 Å². The third-order valence-electron chi connectivity index (χ3n) is 7.98. The number of pyridine rings is 1. The standard InChI is InChI=1S/C31H28F3N5O3/c32-20-8-16(9-21(33)13-20)10-25(29-22(2-1-7-36-29)17-5-6-24(34)23(12-17)31(35)42)37-27(41)14-39-30-19-4-3-18(11-19)28(30)26(15-40)38-39/h1-2,4-9,12-13,18,25-26,38,40H,3,10-11,14-15H2,(H2,35,42)(H,37,41)/t18-,25-,26+/m0/s1. The summed E-state index contributed by atoms with van der Waals surface area (Å²) in [5.74, 6) is -3.32. The molecule has 0 fully saturated rings. The molecule has 6 rings (SSSR count). The zero-order valence-electron chi connectivity index (χ0n) is 22.4. The molecule has 2 heterocycles. The normalized spacial score (nSPS) is 19.6. The lowest BCUT2D eigenvalue weighted by Gasteiger charge is -2.26. The minimum Gasteiger partial charge on any atom is -0.394 e. The van der Waals surface area contributed by atoms with Crippen molar-refractivity contribution in [2.24, 2.45) is 11.7 Å². The van der Waals surface area contributed by atoms with Gasteiger partial charge in [0.05, 0.1) is 35.6 Å². The van der Waals surface area contributed by atoms with Crippen LogP contribution in [0.5, 0.6) is 0 Å². The molecule has 1 aliphatic heterocycles. The van der Waals surface area contributed by atoms with Crippen LogP contribution in [-0.2, 0) is 11.2 Å². The Balaban J connectivity index is 1.33. The molecule has 216 valence electrons. The van der Waals surface area contributed by atoms with E-state index in [9.17, 15) is 27.9 Å². The van der Waals surface area contributed by atoms with E-state index in [1.807, 2.05) is 0 Å². The summed E-state index contributed by atoms with van der Waals surface area (Å²) in [5, 5.41) is 14.6. The highest BCUT2D eigenvalue weighted by molar-refractivity contribution is 5.94. The van der Waals surface area contributed by atoms with E-state index in [1.165, 1.54) is 30.5 Å². The summed E-state index contributed by atoms with van der Waals surface area (Å²) >= 11 is 0. The first-order chi connectivity index (χ1) is 20.2. The van der Waals surface area contributed by atoms with Crippen LogP contribution in [0.25, 0.3) is 11.1 Å². The Morgan fingerprint density at radius 2 is 1.93 bits per heavy atom. The zero-order valence-corrected chi connectivity index (χ0v) is 22.4. The van der Waals surface area contributed by atoms with Crippen LogP contribution in [0, 0.1) is 23.4 Å². The fourth-order valence-corrected chi connectivity index (χ4v) is 6.28. The minimum absolute atomic E-state index is 0.0117. The predicted molar refractivity (Wildman–Crippen MR) is 148 cm³/mol. The van der Waals surface area contributed by atoms with Gasteiger partial charge in [-0.05, 0) is 77.8 Å². The van der Waals surface area contributed by atoms with Gasteiger partial charge in [-0.3, -0.25) is 19.6 Å². The lowest BCUT2D eigenvalue weighted by Crippen LogP contribution is -2.46. The van der Waals surface area contributed by atoms with Gasteiger partial charge in [0.15, 0.2) is 0 Å². The SMILES string of the molecule is NC(=O)c1cc(-c2cccnc2[C@H](Cc2cc(F)cc(F)c2)NC(=O)CN2N[C@H](CO)C3=C2C2=CC[C@H]3C2)ccc1F. The van der Waals surface area contributed by atoms with Crippen LogP contribution in [0.3, 0.4) is 0 Å². The highest BCUT2D eigenvalue weighted by Crippen LogP contribution is 2.49. The molecule has 42 heavy (non-hydrogen) atoms. The van der Waals surface area contributed by atoms with Crippen LogP contribution in [0.15, 0.2) is 77.6 Å². The number of hydrogen-bond donors (Lipinski definition) is 4. The lowest BCUT2D eigenvalue weighted by atomic mass is 9.94. The van der Waals surface area contributed by atoms with Gasteiger partial charge in [-0.1, -0.05) is 18.2 Å². The Bertz CT molecular complexity index is 1640. The maximum Gasteiger partial charge on any atom is 0.251 e. The summed E-state index contributed by atoms with van der Waals surface area (Å²) in [6.07, 6.45) is 5.46. The zero-order chi connectivity index (χ0) is 29.5. The van der Waals surface area contributed by atoms with E-state index in [0.717, 1.165) is 41.8 Å². The van der Waals surface area contributed by atoms with Gasteiger partial charge in [0.2, 0.25) is 5.91 Å². The van der Waals surface area contributed by atoms with Gasteiger partial charge in [0.25, 0.3) is 5.91 Å². The second-order valence-corrected chi connectivity index (χ2v) is 10.7. The molecule has 0 saturated carbocycles. The van der Waals surface area contributed by atoms with Crippen LogP contribution < -0.4 is 16.5 Å². The molecule has 2 bridgehead atoms. The van der Waals surface area contributed by atoms with Gasteiger partial charge in [0.1, 0.15) is 24.0 Å². The first-order valence-corrected chi connectivity index (χ1v) is 13.6. The molecule has 2 aromatic carbocycles. The van der Waals surface area contributed by atoms with Crippen molar-refractivity contribution in [2.45, 2.75) is 31.3 Å². The number of primary amides is 1. The van der Waals surface area contributed by atoms with Crippen molar-refractivity contribution in [3.05, 3.63) is 112 Å². The molecule has 3 aromatic rings. The predicted octanol–water partition coefficient (Wildman–Crippen LogP) is 3.45. The summed E-state index contributed by atoms with van der Waals surface area (Å²) in [6, 6.07) is 9.22. The number of nitrogens with zero attached hydrogens (tertiary/aromatic N) is 2. The third kappa shape index (κ3) is 5.17. The lowest BCUT2D eigenvalue weighted by molar-refractivity contribution is -0.123. The molecule has 0 spiro atoms. The van der Waals surface area contributed by atoms with Crippen molar-refractivity contribution >= 4 is 11.8 Å². The quantitative estimate of drug-likeness (QED) is 0.310. The van der Waals surface area contributed by atoms with E-state index < -0.39 is 35.3 Å². The average Bonchev–Trinajstić information content (AvgIpc) is 3.66. The average molecular weight is 576 g/mol. The topological polar surface area (TPSA) is 121 Å². The van der Waals surface area contributed by atoms with E-state index in [0.29, 0.717) is 22.7 Å². The van der Waals surface area contributed by atoms with Crippen LogP contribution >= 0.6 is 0 Å². The highest BCUT2D eigenvalue weighted by Gasteiger charge is 2.44. The third-order valence-corrected chi connectivity index (χ3v) is 7.98. The van der Waals surface area contributed by atoms with Crippen molar-refractivity contribution in [2.75, 3.05) is 13.2 Å². The fourth-order valence-electron chi connectivity index (χ4n) is 6.28. The van der Waals surface area contributed by atoms with Crippen molar-refractivity contribution in [1.82, 2.24) is 20.7 Å². The first kappa shape index (κ1) is 27.7. The van der Waals surface area contributed by atoms with Gasteiger partial charge in [-0.25, -0.2) is 18.6 Å². The van der Waals surface area contributed by atoms with Gasteiger partial charge in [-0.15, -0.1) is 0 Å². The summed E-state index contributed by atoms with van der Waals surface area (Å²) in [7, 11) is 0.